The fourth-order valence-electron chi connectivity index (χ4n) is 6.83. The summed E-state index contributed by atoms with van der Waals surface area (Å²) in [7, 11) is 0. The molecule has 0 aromatic rings. The molecule has 0 aliphatic rings. The van der Waals surface area contributed by atoms with Gasteiger partial charge in [0.1, 0.15) is 6.10 Å². The fraction of sp³-hybridized carbons (Fsp3) is 0.607. The number of unbranched alkanes of at least 4 members (excludes halogenated alkanes) is 18. The van der Waals surface area contributed by atoms with E-state index in [1.54, 1.807) is 0 Å². The number of carbonyl (C=O) groups is 2. The Morgan fingerprint density at radius 2 is 0.887 bits per heavy atom. The normalized spacial score (nSPS) is 14.3. The zero-order valence-corrected chi connectivity index (χ0v) is 39.7. The maximum Gasteiger partial charge on any atom is 0.306 e. The minimum Gasteiger partial charge on any atom is -0.462 e. The van der Waals surface area contributed by atoms with Gasteiger partial charge in [0.25, 0.3) is 0 Å². The van der Waals surface area contributed by atoms with Crippen LogP contribution in [0.1, 0.15) is 194 Å². The standard InChI is InChI=1S/C56H91NO5/c1-4-7-10-13-16-19-22-25-27-30-32-35-38-41-44-47-52(62-56(61)49-46-43-40-37-34-31-28-26-23-20-17-14-11-8-5-2)50-55(60)57-53(51-58)54(59)48-45-42-39-36-33-29-24-21-18-15-12-9-6-3/h7-8,10-11,13-14,16-17,19-20,22-23,25-28,30,32,35,38,52-54,58-59H,4-6,9,12,15,18,21,24,29,31,33-34,36-37,39-51H2,1-3H3,(H,57,60)/b10-7-,11-8+,16-13+,17-14+,22-19+,23-20+,27-25-,28-26-,32-30+,38-35+. The molecular formula is C56H91NO5. The number of rotatable bonds is 42. The van der Waals surface area contributed by atoms with Crippen LogP contribution in [0.4, 0.5) is 0 Å². The van der Waals surface area contributed by atoms with E-state index in [0.717, 1.165) is 83.5 Å². The Morgan fingerprint density at radius 1 is 0.484 bits per heavy atom. The average molecular weight is 858 g/mol. The third-order valence-corrected chi connectivity index (χ3v) is 10.5. The number of amides is 1. The quantitative estimate of drug-likeness (QED) is 0.0323. The summed E-state index contributed by atoms with van der Waals surface area (Å²) in [5.41, 5.74) is 0. The van der Waals surface area contributed by atoms with Crippen molar-refractivity contribution in [2.75, 3.05) is 6.61 Å². The van der Waals surface area contributed by atoms with Gasteiger partial charge in [-0.25, -0.2) is 0 Å². The lowest BCUT2D eigenvalue weighted by Gasteiger charge is -2.24. The number of esters is 1. The molecule has 1 amide bonds. The zero-order valence-electron chi connectivity index (χ0n) is 39.7. The highest BCUT2D eigenvalue weighted by atomic mass is 16.5. The van der Waals surface area contributed by atoms with Gasteiger partial charge in [-0.05, 0) is 57.8 Å². The average Bonchev–Trinajstić information content (AvgIpc) is 3.26. The van der Waals surface area contributed by atoms with Crippen LogP contribution in [0.2, 0.25) is 0 Å². The largest absolute Gasteiger partial charge is 0.462 e. The smallest absolute Gasteiger partial charge is 0.306 e. The van der Waals surface area contributed by atoms with Crippen molar-refractivity contribution in [2.45, 2.75) is 212 Å². The Kier molecular flexibility index (Phi) is 45.4. The molecule has 6 heteroatoms. The molecule has 3 N–H and O–H groups in total. The van der Waals surface area contributed by atoms with Crippen molar-refractivity contribution in [3.8, 4) is 0 Å². The summed E-state index contributed by atoms with van der Waals surface area (Å²) in [5, 5.41) is 23.7. The van der Waals surface area contributed by atoms with Gasteiger partial charge in [0.2, 0.25) is 5.91 Å². The van der Waals surface area contributed by atoms with E-state index in [0.29, 0.717) is 19.3 Å². The van der Waals surface area contributed by atoms with Gasteiger partial charge in [-0.2, -0.15) is 0 Å². The number of aliphatic hydroxyl groups is 2. The summed E-state index contributed by atoms with van der Waals surface area (Å²) in [5.74, 6) is -0.589. The number of hydrogen-bond acceptors (Lipinski definition) is 5. The van der Waals surface area contributed by atoms with Crippen LogP contribution in [-0.2, 0) is 14.3 Å². The lowest BCUT2D eigenvalue weighted by Crippen LogP contribution is -2.46. The molecule has 6 nitrogen and oxygen atoms in total. The molecule has 0 aromatic carbocycles. The van der Waals surface area contributed by atoms with Gasteiger partial charge in [0, 0.05) is 6.42 Å². The van der Waals surface area contributed by atoms with Crippen LogP contribution in [-0.4, -0.2) is 46.9 Å². The second-order valence-corrected chi connectivity index (χ2v) is 16.3. The molecule has 0 aliphatic heterocycles. The van der Waals surface area contributed by atoms with E-state index >= 15 is 0 Å². The molecule has 3 unspecified atom stereocenters. The first kappa shape index (κ1) is 58.3. The van der Waals surface area contributed by atoms with Crippen LogP contribution < -0.4 is 5.32 Å². The molecule has 62 heavy (non-hydrogen) atoms. The van der Waals surface area contributed by atoms with Crippen LogP contribution in [0.15, 0.2) is 122 Å². The number of carbonyl (C=O) groups excluding carboxylic acids is 2. The summed E-state index contributed by atoms with van der Waals surface area (Å²) >= 11 is 0. The van der Waals surface area contributed by atoms with Crippen molar-refractivity contribution in [3.63, 3.8) is 0 Å². The SMILES string of the molecule is CC\C=C/C=C/C=C/C=C\C=C\C=C\CCCC(CC(=O)NC(CO)C(O)CCCCCCCCCCCCCCC)OC(=O)CCCCCCC\C=C/C=C/C=C/C=C/CC. The van der Waals surface area contributed by atoms with E-state index in [2.05, 4.69) is 68.6 Å². The second-order valence-electron chi connectivity index (χ2n) is 16.3. The number of hydrogen-bond donors (Lipinski definition) is 3. The molecule has 0 saturated carbocycles. The Labute approximate surface area is 380 Å². The molecule has 0 heterocycles. The van der Waals surface area contributed by atoms with E-state index in [-0.39, 0.29) is 24.9 Å². The zero-order chi connectivity index (χ0) is 45.2. The van der Waals surface area contributed by atoms with E-state index in [9.17, 15) is 19.8 Å². The fourth-order valence-corrected chi connectivity index (χ4v) is 6.83. The number of nitrogens with one attached hydrogen (secondary N) is 1. The summed E-state index contributed by atoms with van der Waals surface area (Å²) in [6.45, 7) is 6.15. The van der Waals surface area contributed by atoms with Crippen molar-refractivity contribution >= 4 is 11.9 Å². The van der Waals surface area contributed by atoms with Gasteiger partial charge in [0.05, 0.1) is 25.2 Å². The second kappa shape index (κ2) is 48.3. The van der Waals surface area contributed by atoms with Gasteiger partial charge >= 0.3 is 5.97 Å². The first-order valence-electron chi connectivity index (χ1n) is 24.9. The molecular weight excluding hydrogens is 767 g/mol. The van der Waals surface area contributed by atoms with E-state index in [1.165, 1.54) is 64.2 Å². The topological polar surface area (TPSA) is 95.9 Å². The molecule has 0 spiro atoms. The molecule has 0 fully saturated rings. The molecule has 3 atom stereocenters. The van der Waals surface area contributed by atoms with Gasteiger partial charge < -0.3 is 20.3 Å². The Bertz CT molecular complexity index is 1330. The van der Waals surface area contributed by atoms with Crippen molar-refractivity contribution in [3.05, 3.63) is 122 Å². The minimum atomic E-state index is -0.820. The molecule has 0 saturated heterocycles. The Hall–Kier alpha value is -3.74. The molecule has 0 rings (SSSR count). The third-order valence-electron chi connectivity index (χ3n) is 10.5. The van der Waals surface area contributed by atoms with Crippen LogP contribution in [0.5, 0.6) is 0 Å². The van der Waals surface area contributed by atoms with Crippen LogP contribution in [0, 0.1) is 0 Å². The predicted molar refractivity (Wildman–Crippen MR) is 268 cm³/mol. The molecule has 0 radical (unpaired) electrons. The van der Waals surface area contributed by atoms with Gasteiger partial charge in [-0.3, -0.25) is 9.59 Å². The first-order valence-corrected chi connectivity index (χ1v) is 24.9. The molecule has 0 bridgehead atoms. The summed E-state index contributed by atoms with van der Waals surface area (Å²) in [4.78, 5) is 26.1. The first-order chi connectivity index (χ1) is 30.5. The lowest BCUT2D eigenvalue weighted by atomic mass is 10.0. The third kappa shape index (κ3) is 42.9. The van der Waals surface area contributed by atoms with Crippen LogP contribution in [0.25, 0.3) is 0 Å². The van der Waals surface area contributed by atoms with Gasteiger partial charge in [0.15, 0.2) is 0 Å². The Balaban J connectivity index is 4.81. The van der Waals surface area contributed by atoms with E-state index < -0.39 is 18.2 Å². The minimum absolute atomic E-state index is 0.00854. The maximum absolute atomic E-state index is 13.2. The van der Waals surface area contributed by atoms with Crippen LogP contribution >= 0.6 is 0 Å². The van der Waals surface area contributed by atoms with E-state index in [1.807, 2.05) is 79.0 Å². The van der Waals surface area contributed by atoms with E-state index in [4.69, 9.17) is 4.74 Å². The predicted octanol–water partition coefficient (Wildman–Crippen LogP) is 14.9. The molecule has 0 aliphatic carbocycles. The van der Waals surface area contributed by atoms with Gasteiger partial charge in [-0.1, -0.05) is 245 Å². The van der Waals surface area contributed by atoms with Crippen molar-refractivity contribution in [1.29, 1.82) is 0 Å². The lowest BCUT2D eigenvalue weighted by molar-refractivity contribution is -0.151. The summed E-state index contributed by atoms with van der Waals surface area (Å²) in [6.07, 6.45) is 66.8. The highest BCUT2D eigenvalue weighted by Gasteiger charge is 2.24. The Morgan fingerprint density at radius 3 is 1.35 bits per heavy atom. The highest BCUT2D eigenvalue weighted by Crippen LogP contribution is 2.16. The summed E-state index contributed by atoms with van der Waals surface area (Å²) in [6, 6.07) is -0.739. The van der Waals surface area contributed by atoms with Crippen molar-refractivity contribution < 1.29 is 24.5 Å². The maximum atomic E-state index is 13.2. The monoisotopic (exact) mass is 858 g/mol. The molecule has 0 aromatic heterocycles. The number of ether oxygens (including phenoxy) is 1. The molecule has 350 valence electrons. The highest BCUT2D eigenvalue weighted by molar-refractivity contribution is 5.77. The summed E-state index contributed by atoms with van der Waals surface area (Å²) < 4.78 is 5.88. The van der Waals surface area contributed by atoms with Crippen molar-refractivity contribution in [1.82, 2.24) is 5.32 Å². The van der Waals surface area contributed by atoms with Crippen LogP contribution in [0.3, 0.4) is 0 Å². The van der Waals surface area contributed by atoms with Gasteiger partial charge in [-0.15, -0.1) is 0 Å². The van der Waals surface area contributed by atoms with Crippen molar-refractivity contribution in [2.24, 2.45) is 0 Å². The number of allylic oxidation sites excluding steroid dienone is 20. The number of aliphatic hydroxyl groups excluding tert-OH is 2.